The topological polar surface area (TPSA) is 102 Å². The Bertz CT molecular complexity index is 682. The molecule has 8 nitrogen and oxygen atoms in total. The fourth-order valence-corrected chi connectivity index (χ4v) is 3.21. The third-order valence-corrected chi connectivity index (χ3v) is 4.74. The van der Waals surface area contributed by atoms with E-state index >= 15 is 0 Å². The molecular weight excluding hydrogens is 360 g/mol. The highest BCUT2D eigenvalue weighted by atomic mass is 16.4. The Labute approximate surface area is 165 Å². The standard InChI is InChI=1S/C20H30N4O4/c1-4-18(25)24-11-9-23(10-12-24)16-7-5-15(6-8-16)21-20(28)22-17(19(26)27)13-14(2)3/h5-8,14,17H,4,9-13H2,1-3H3,(H,26,27)(H2,21,22,28). The van der Waals surface area contributed by atoms with Crippen LogP contribution < -0.4 is 15.5 Å². The van der Waals surface area contributed by atoms with Crippen LogP contribution in [0.4, 0.5) is 16.2 Å². The molecule has 154 valence electrons. The SMILES string of the molecule is CCC(=O)N1CCN(c2ccc(NC(=O)NC(CC(C)C)C(=O)O)cc2)CC1. The Morgan fingerprint density at radius 3 is 2.18 bits per heavy atom. The number of carboxylic acid groups (broad SMARTS) is 1. The smallest absolute Gasteiger partial charge is 0.326 e. The van der Waals surface area contributed by atoms with Gasteiger partial charge in [0.05, 0.1) is 0 Å². The van der Waals surface area contributed by atoms with Gasteiger partial charge in [0.25, 0.3) is 0 Å². The van der Waals surface area contributed by atoms with Crippen molar-refractivity contribution in [1.82, 2.24) is 10.2 Å². The molecule has 8 heteroatoms. The molecule has 1 saturated heterocycles. The molecule has 0 spiro atoms. The average Bonchev–Trinajstić information content (AvgIpc) is 2.67. The summed E-state index contributed by atoms with van der Waals surface area (Å²) in [7, 11) is 0. The van der Waals surface area contributed by atoms with Crippen molar-refractivity contribution in [3.63, 3.8) is 0 Å². The number of carbonyl (C=O) groups excluding carboxylic acids is 2. The molecule has 1 aliphatic heterocycles. The van der Waals surface area contributed by atoms with Gasteiger partial charge in [0.2, 0.25) is 5.91 Å². The monoisotopic (exact) mass is 390 g/mol. The van der Waals surface area contributed by atoms with Crippen LogP contribution in [0.15, 0.2) is 24.3 Å². The average molecular weight is 390 g/mol. The number of hydrogen-bond donors (Lipinski definition) is 3. The van der Waals surface area contributed by atoms with Crippen LogP contribution in [0, 0.1) is 5.92 Å². The Hall–Kier alpha value is -2.77. The van der Waals surface area contributed by atoms with Crippen molar-refractivity contribution in [3.8, 4) is 0 Å². The van der Waals surface area contributed by atoms with Gasteiger partial charge in [-0.15, -0.1) is 0 Å². The van der Waals surface area contributed by atoms with Gasteiger partial charge in [-0.3, -0.25) is 4.79 Å². The normalized spacial score (nSPS) is 15.3. The lowest BCUT2D eigenvalue weighted by Gasteiger charge is -2.36. The predicted octanol–water partition coefficient (Wildman–Crippen LogP) is 2.37. The van der Waals surface area contributed by atoms with Crippen LogP contribution in [0.3, 0.4) is 0 Å². The maximum Gasteiger partial charge on any atom is 0.326 e. The second-order valence-electron chi connectivity index (χ2n) is 7.39. The summed E-state index contributed by atoms with van der Waals surface area (Å²) in [6, 6.07) is 5.95. The van der Waals surface area contributed by atoms with E-state index in [4.69, 9.17) is 0 Å². The van der Waals surface area contributed by atoms with Gasteiger partial charge in [0.15, 0.2) is 0 Å². The number of anilines is 2. The first kappa shape index (κ1) is 21.5. The Balaban J connectivity index is 1.88. The fraction of sp³-hybridized carbons (Fsp3) is 0.550. The zero-order chi connectivity index (χ0) is 20.7. The number of carboxylic acids is 1. The maximum absolute atomic E-state index is 12.1. The minimum Gasteiger partial charge on any atom is -0.480 e. The second kappa shape index (κ2) is 9.96. The summed E-state index contributed by atoms with van der Waals surface area (Å²) in [5, 5.41) is 14.4. The van der Waals surface area contributed by atoms with Gasteiger partial charge in [-0.25, -0.2) is 9.59 Å². The summed E-state index contributed by atoms with van der Waals surface area (Å²) in [6.45, 7) is 8.66. The summed E-state index contributed by atoms with van der Waals surface area (Å²) in [5.74, 6) is -0.698. The second-order valence-corrected chi connectivity index (χ2v) is 7.39. The summed E-state index contributed by atoms with van der Waals surface area (Å²) in [5.41, 5.74) is 1.62. The number of carbonyl (C=O) groups is 3. The molecule has 0 radical (unpaired) electrons. The zero-order valence-electron chi connectivity index (χ0n) is 16.8. The van der Waals surface area contributed by atoms with Crippen molar-refractivity contribution >= 4 is 29.3 Å². The molecule has 3 N–H and O–H groups in total. The van der Waals surface area contributed by atoms with E-state index in [9.17, 15) is 19.5 Å². The number of nitrogens with one attached hydrogen (secondary N) is 2. The van der Waals surface area contributed by atoms with Crippen molar-refractivity contribution < 1.29 is 19.5 Å². The Kier molecular flexibility index (Phi) is 7.66. The highest BCUT2D eigenvalue weighted by Gasteiger charge is 2.22. The molecule has 3 amide bonds. The zero-order valence-corrected chi connectivity index (χ0v) is 16.8. The van der Waals surface area contributed by atoms with Crippen molar-refractivity contribution in [2.75, 3.05) is 36.4 Å². The summed E-state index contributed by atoms with van der Waals surface area (Å²) < 4.78 is 0. The Morgan fingerprint density at radius 2 is 1.68 bits per heavy atom. The number of amides is 3. The number of rotatable bonds is 7. The third kappa shape index (κ3) is 6.14. The van der Waals surface area contributed by atoms with Gasteiger partial charge in [-0.2, -0.15) is 0 Å². The van der Waals surface area contributed by atoms with E-state index in [1.54, 1.807) is 12.1 Å². The molecule has 1 heterocycles. The van der Waals surface area contributed by atoms with Gasteiger partial charge in [-0.1, -0.05) is 20.8 Å². The highest BCUT2D eigenvalue weighted by molar-refractivity contribution is 5.92. The molecule has 1 aliphatic rings. The number of nitrogens with zero attached hydrogens (tertiary/aromatic N) is 2. The molecule has 1 unspecified atom stereocenters. The van der Waals surface area contributed by atoms with Gasteiger partial charge < -0.3 is 25.5 Å². The molecule has 1 fully saturated rings. The van der Waals surface area contributed by atoms with Crippen LogP contribution >= 0.6 is 0 Å². The van der Waals surface area contributed by atoms with E-state index in [1.807, 2.05) is 37.8 Å². The highest BCUT2D eigenvalue weighted by Crippen LogP contribution is 2.20. The van der Waals surface area contributed by atoms with E-state index in [-0.39, 0.29) is 11.8 Å². The van der Waals surface area contributed by atoms with Gasteiger partial charge in [-0.05, 0) is 36.6 Å². The van der Waals surface area contributed by atoms with Gasteiger partial charge in [0, 0.05) is 44.0 Å². The first-order valence-electron chi connectivity index (χ1n) is 9.73. The van der Waals surface area contributed by atoms with Crippen LogP contribution in [-0.2, 0) is 9.59 Å². The maximum atomic E-state index is 12.1. The van der Waals surface area contributed by atoms with Crippen molar-refractivity contribution in [2.45, 2.75) is 39.7 Å². The van der Waals surface area contributed by atoms with E-state index in [1.165, 1.54) is 0 Å². The van der Waals surface area contributed by atoms with Crippen LogP contribution in [0.5, 0.6) is 0 Å². The Morgan fingerprint density at radius 1 is 1.07 bits per heavy atom. The number of benzene rings is 1. The quantitative estimate of drug-likeness (QED) is 0.663. The largest absolute Gasteiger partial charge is 0.480 e. The van der Waals surface area contributed by atoms with E-state index in [0.29, 0.717) is 31.6 Å². The summed E-state index contributed by atoms with van der Waals surface area (Å²) in [4.78, 5) is 39.2. The van der Waals surface area contributed by atoms with E-state index in [0.717, 1.165) is 18.8 Å². The van der Waals surface area contributed by atoms with Gasteiger partial charge >= 0.3 is 12.0 Å². The van der Waals surface area contributed by atoms with E-state index < -0.39 is 18.0 Å². The van der Waals surface area contributed by atoms with Crippen molar-refractivity contribution in [1.29, 1.82) is 0 Å². The molecule has 1 aromatic rings. The lowest BCUT2D eigenvalue weighted by atomic mass is 10.0. The molecule has 1 aromatic carbocycles. The first-order valence-corrected chi connectivity index (χ1v) is 9.73. The van der Waals surface area contributed by atoms with Crippen molar-refractivity contribution in [3.05, 3.63) is 24.3 Å². The molecule has 2 rings (SSSR count). The fourth-order valence-electron chi connectivity index (χ4n) is 3.21. The number of urea groups is 1. The minimum absolute atomic E-state index is 0.161. The van der Waals surface area contributed by atoms with Crippen molar-refractivity contribution in [2.24, 2.45) is 5.92 Å². The lowest BCUT2D eigenvalue weighted by molar-refractivity contribution is -0.139. The summed E-state index contributed by atoms with van der Waals surface area (Å²) >= 11 is 0. The molecule has 0 saturated carbocycles. The molecule has 1 atom stereocenters. The molecule has 0 bridgehead atoms. The molecule has 28 heavy (non-hydrogen) atoms. The van der Waals surface area contributed by atoms with E-state index in [2.05, 4.69) is 15.5 Å². The number of piperazine rings is 1. The number of hydrogen-bond acceptors (Lipinski definition) is 4. The molecule has 0 aromatic heterocycles. The molecule has 0 aliphatic carbocycles. The number of aliphatic carboxylic acids is 1. The predicted molar refractivity (Wildman–Crippen MR) is 109 cm³/mol. The van der Waals surface area contributed by atoms with Crippen LogP contribution in [0.25, 0.3) is 0 Å². The summed E-state index contributed by atoms with van der Waals surface area (Å²) in [6.07, 6.45) is 0.899. The third-order valence-electron chi connectivity index (χ3n) is 4.74. The minimum atomic E-state index is -1.04. The molecular formula is C20H30N4O4. The van der Waals surface area contributed by atoms with Crippen LogP contribution in [0.1, 0.15) is 33.6 Å². The van der Waals surface area contributed by atoms with Gasteiger partial charge in [0.1, 0.15) is 6.04 Å². The van der Waals surface area contributed by atoms with Crippen LogP contribution in [-0.4, -0.2) is 60.1 Å². The van der Waals surface area contributed by atoms with Crippen LogP contribution in [0.2, 0.25) is 0 Å². The first-order chi connectivity index (χ1) is 13.3. The lowest BCUT2D eigenvalue weighted by Crippen LogP contribution is -2.48.